The van der Waals surface area contributed by atoms with E-state index in [-0.39, 0.29) is 27.9 Å². The number of thiophene rings is 1. The Morgan fingerprint density at radius 2 is 2.14 bits per heavy atom. The van der Waals surface area contributed by atoms with E-state index in [1.807, 2.05) is 0 Å². The second-order valence-electron chi connectivity index (χ2n) is 5.96. The number of nitrogens with one attached hydrogen (secondary N) is 1. The summed E-state index contributed by atoms with van der Waals surface area (Å²) in [4.78, 5) is 23.1. The van der Waals surface area contributed by atoms with Gasteiger partial charge in [0.1, 0.15) is 16.0 Å². The summed E-state index contributed by atoms with van der Waals surface area (Å²) in [6, 6.07) is 5.77. The van der Waals surface area contributed by atoms with E-state index in [0.29, 0.717) is 17.2 Å². The molecule has 0 radical (unpaired) electrons. The fraction of sp³-hybridized carbons (Fsp3) is 0.312. The molecule has 2 heterocycles. The van der Waals surface area contributed by atoms with E-state index >= 15 is 0 Å². The van der Waals surface area contributed by atoms with Crippen LogP contribution in [0.4, 0.5) is 11.4 Å². The van der Waals surface area contributed by atoms with Gasteiger partial charge in [-0.2, -0.15) is 4.31 Å². The molecule has 1 aliphatic rings. The second kappa shape index (κ2) is 8.03. The van der Waals surface area contributed by atoms with E-state index in [1.54, 1.807) is 0 Å². The first-order valence-electron chi connectivity index (χ1n) is 8.14. The lowest BCUT2D eigenvalue weighted by Crippen LogP contribution is -2.42. The Morgan fingerprint density at radius 1 is 1.39 bits per heavy atom. The number of hydrogen-bond donors (Lipinski definition) is 1. The number of methoxy groups -OCH3 is 1. The highest BCUT2D eigenvalue weighted by molar-refractivity contribution is 7.91. The standard InChI is InChI=1S/C16H16ClN3O6S2/c1-26-13-9-10(20(22)23)4-5-11(13)18-16(21)12-3-2-8-19(12)28(24,25)15-7-6-14(17)27-15/h4-7,9,12H,2-3,8H2,1H3,(H,18,21). The molecule has 0 aliphatic carbocycles. The van der Waals surface area contributed by atoms with Crippen LogP contribution in [0.3, 0.4) is 0 Å². The van der Waals surface area contributed by atoms with Crippen LogP contribution < -0.4 is 10.1 Å². The molecule has 1 aromatic heterocycles. The van der Waals surface area contributed by atoms with Gasteiger partial charge in [-0.1, -0.05) is 11.6 Å². The molecule has 12 heteroatoms. The van der Waals surface area contributed by atoms with Crippen molar-refractivity contribution >= 4 is 50.2 Å². The van der Waals surface area contributed by atoms with Crippen LogP contribution >= 0.6 is 22.9 Å². The van der Waals surface area contributed by atoms with Crippen molar-refractivity contribution in [3.05, 3.63) is 44.8 Å². The Bertz CT molecular complexity index is 1020. The third kappa shape index (κ3) is 3.97. The van der Waals surface area contributed by atoms with Crippen LogP contribution in [0.15, 0.2) is 34.5 Å². The molecule has 1 N–H and O–H groups in total. The van der Waals surface area contributed by atoms with Crippen molar-refractivity contribution in [2.45, 2.75) is 23.1 Å². The summed E-state index contributed by atoms with van der Waals surface area (Å²) in [7, 11) is -2.53. The molecule has 1 aliphatic heterocycles. The smallest absolute Gasteiger partial charge is 0.273 e. The van der Waals surface area contributed by atoms with Gasteiger partial charge in [-0.25, -0.2) is 8.42 Å². The number of carbonyl (C=O) groups excluding carboxylic acids is 1. The van der Waals surface area contributed by atoms with E-state index in [1.165, 1.54) is 37.4 Å². The molecule has 0 saturated carbocycles. The number of amides is 1. The summed E-state index contributed by atoms with van der Waals surface area (Å²) < 4.78 is 32.4. The molecule has 3 rings (SSSR count). The van der Waals surface area contributed by atoms with E-state index < -0.39 is 26.9 Å². The lowest BCUT2D eigenvalue weighted by atomic mass is 10.2. The van der Waals surface area contributed by atoms with Crippen molar-refractivity contribution < 1.29 is 22.9 Å². The molecular weight excluding hydrogens is 430 g/mol. The van der Waals surface area contributed by atoms with Crippen molar-refractivity contribution in [3.63, 3.8) is 0 Å². The topological polar surface area (TPSA) is 119 Å². The first kappa shape index (κ1) is 20.5. The van der Waals surface area contributed by atoms with Crippen LogP contribution in [0.5, 0.6) is 5.75 Å². The van der Waals surface area contributed by atoms with Gasteiger partial charge in [0, 0.05) is 12.6 Å². The maximum atomic E-state index is 12.9. The fourth-order valence-electron chi connectivity index (χ4n) is 2.95. The number of benzene rings is 1. The highest BCUT2D eigenvalue weighted by atomic mass is 35.5. The van der Waals surface area contributed by atoms with E-state index in [2.05, 4.69) is 5.32 Å². The summed E-state index contributed by atoms with van der Waals surface area (Å²) in [5, 5.41) is 13.5. The van der Waals surface area contributed by atoms with Gasteiger partial charge >= 0.3 is 0 Å². The number of carbonyl (C=O) groups is 1. The predicted octanol–water partition coefficient (Wildman–Crippen LogP) is 3.11. The molecular formula is C16H16ClN3O6S2. The zero-order chi connectivity index (χ0) is 20.5. The maximum Gasteiger partial charge on any atom is 0.273 e. The number of anilines is 1. The minimum atomic E-state index is -3.85. The fourth-order valence-corrected chi connectivity index (χ4v) is 6.22. The number of non-ortho nitro benzene ring substituents is 1. The van der Waals surface area contributed by atoms with Gasteiger partial charge in [0.2, 0.25) is 5.91 Å². The van der Waals surface area contributed by atoms with E-state index in [4.69, 9.17) is 16.3 Å². The minimum absolute atomic E-state index is 0.0742. The van der Waals surface area contributed by atoms with Gasteiger partial charge in [0.25, 0.3) is 15.7 Å². The molecule has 1 amide bonds. The maximum absolute atomic E-state index is 12.9. The summed E-state index contributed by atoms with van der Waals surface area (Å²) in [5.41, 5.74) is 0.0380. The number of ether oxygens (including phenoxy) is 1. The lowest BCUT2D eigenvalue weighted by molar-refractivity contribution is -0.384. The number of halogens is 1. The van der Waals surface area contributed by atoms with Crippen molar-refractivity contribution in [1.29, 1.82) is 0 Å². The lowest BCUT2D eigenvalue weighted by Gasteiger charge is -2.23. The molecule has 150 valence electrons. The number of rotatable bonds is 6. The van der Waals surface area contributed by atoms with Gasteiger partial charge in [0.05, 0.1) is 28.1 Å². The number of nitro groups is 1. The third-order valence-electron chi connectivity index (χ3n) is 4.27. The van der Waals surface area contributed by atoms with Gasteiger partial charge in [-0.3, -0.25) is 14.9 Å². The van der Waals surface area contributed by atoms with Crippen molar-refractivity contribution in [2.75, 3.05) is 19.0 Å². The number of hydrogen-bond acceptors (Lipinski definition) is 7. The molecule has 1 fully saturated rings. The molecule has 9 nitrogen and oxygen atoms in total. The van der Waals surface area contributed by atoms with Crippen LogP contribution in [0.2, 0.25) is 4.34 Å². The van der Waals surface area contributed by atoms with Crippen LogP contribution in [0.1, 0.15) is 12.8 Å². The first-order chi connectivity index (χ1) is 13.2. The summed E-state index contributed by atoms with van der Waals surface area (Å²) >= 11 is 6.77. The quantitative estimate of drug-likeness (QED) is 0.539. The van der Waals surface area contributed by atoms with Gasteiger partial charge in [0.15, 0.2) is 0 Å². The van der Waals surface area contributed by atoms with Crippen molar-refractivity contribution in [2.24, 2.45) is 0 Å². The Kier molecular flexibility index (Phi) is 5.89. The largest absolute Gasteiger partial charge is 0.494 e. The first-order valence-corrected chi connectivity index (χ1v) is 10.8. The molecule has 1 atom stereocenters. The second-order valence-corrected chi connectivity index (χ2v) is 9.80. The SMILES string of the molecule is COc1cc([N+](=O)[O-])ccc1NC(=O)C1CCCN1S(=O)(=O)c1ccc(Cl)s1. The Balaban J connectivity index is 1.83. The minimum Gasteiger partial charge on any atom is -0.494 e. The normalized spacial score (nSPS) is 17.4. The summed E-state index contributed by atoms with van der Waals surface area (Å²) in [6.45, 7) is 0.216. The highest BCUT2D eigenvalue weighted by Gasteiger charge is 2.40. The van der Waals surface area contributed by atoms with Gasteiger partial charge in [-0.15, -0.1) is 11.3 Å². The molecule has 2 aromatic rings. The average molecular weight is 446 g/mol. The zero-order valence-corrected chi connectivity index (χ0v) is 17.0. The summed E-state index contributed by atoms with van der Waals surface area (Å²) in [6.07, 6.45) is 0.896. The molecule has 0 bridgehead atoms. The highest BCUT2D eigenvalue weighted by Crippen LogP contribution is 2.34. The number of nitrogens with zero attached hydrogens (tertiary/aromatic N) is 2. The monoisotopic (exact) mass is 445 g/mol. The van der Waals surface area contributed by atoms with Gasteiger partial charge < -0.3 is 10.1 Å². The van der Waals surface area contributed by atoms with Crippen LogP contribution in [-0.4, -0.2) is 43.2 Å². The van der Waals surface area contributed by atoms with Crippen molar-refractivity contribution in [3.8, 4) is 5.75 Å². The predicted molar refractivity (Wildman–Crippen MR) is 105 cm³/mol. The molecule has 0 spiro atoms. The van der Waals surface area contributed by atoms with Crippen molar-refractivity contribution in [1.82, 2.24) is 4.31 Å². The molecule has 1 saturated heterocycles. The Labute approximate surface area is 170 Å². The Morgan fingerprint density at radius 3 is 2.75 bits per heavy atom. The Hall–Kier alpha value is -2.21. The average Bonchev–Trinajstić information content (AvgIpc) is 3.31. The van der Waals surface area contributed by atoms with Gasteiger partial charge in [-0.05, 0) is 31.0 Å². The molecule has 28 heavy (non-hydrogen) atoms. The number of nitro benzene ring substituents is 1. The van der Waals surface area contributed by atoms with Crippen LogP contribution in [0, 0.1) is 10.1 Å². The zero-order valence-electron chi connectivity index (χ0n) is 14.6. The van der Waals surface area contributed by atoms with E-state index in [0.717, 1.165) is 15.6 Å². The number of sulfonamides is 1. The molecule has 1 unspecified atom stereocenters. The molecule has 1 aromatic carbocycles. The third-order valence-corrected chi connectivity index (χ3v) is 7.88. The van der Waals surface area contributed by atoms with E-state index in [9.17, 15) is 23.3 Å². The summed E-state index contributed by atoms with van der Waals surface area (Å²) in [5.74, 6) is -0.420. The van der Waals surface area contributed by atoms with Crippen LogP contribution in [0.25, 0.3) is 0 Å². The van der Waals surface area contributed by atoms with Crippen LogP contribution in [-0.2, 0) is 14.8 Å².